The maximum Gasteiger partial charge on any atom is 0.278 e. The molecule has 2 aromatic heterocycles. The smallest absolute Gasteiger partial charge is 0.278 e. The summed E-state index contributed by atoms with van der Waals surface area (Å²) in [5.41, 5.74) is 2.08. The number of fused-ring (bicyclic) bond motifs is 2. The third-order valence-electron chi connectivity index (χ3n) is 4.94. The lowest BCUT2D eigenvalue weighted by Crippen LogP contribution is -2.37. The molecule has 0 aliphatic carbocycles. The Labute approximate surface area is 167 Å². The Kier molecular flexibility index (Phi) is 4.84. The third kappa shape index (κ3) is 3.37. The molecule has 1 amide bonds. The summed E-state index contributed by atoms with van der Waals surface area (Å²) in [7, 11) is 0. The van der Waals surface area contributed by atoms with Gasteiger partial charge in [-0.1, -0.05) is 29.5 Å². The molecule has 8 nitrogen and oxygen atoms in total. The minimum atomic E-state index is -0.795. The van der Waals surface area contributed by atoms with Gasteiger partial charge in [-0.3, -0.25) is 9.59 Å². The molecule has 29 heavy (non-hydrogen) atoms. The van der Waals surface area contributed by atoms with E-state index in [1.807, 2.05) is 24.3 Å². The van der Waals surface area contributed by atoms with E-state index in [-0.39, 0.29) is 24.1 Å². The van der Waals surface area contributed by atoms with Gasteiger partial charge in [0.25, 0.3) is 5.56 Å². The van der Waals surface area contributed by atoms with Crippen LogP contribution in [0.1, 0.15) is 38.7 Å². The Morgan fingerprint density at radius 1 is 1.03 bits per heavy atom. The number of carbonyl (C=O) groups is 1. The summed E-state index contributed by atoms with van der Waals surface area (Å²) < 4.78 is 3.21. The van der Waals surface area contributed by atoms with Crippen LogP contribution in [0.25, 0.3) is 21.9 Å². The minimum Gasteiger partial charge on any atom is -0.347 e. The van der Waals surface area contributed by atoms with Crippen LogP contribution in [-0.4, -0.2) is 30.5 Å². The number of hydrogen-bond donors (Lipinski definition) is 1. The Hall–Kier alpha value is -3.55. The summed E-state index contributed by atoms with van der Waals surface area (Å²) >= 11 is 0. The molecule has 1 unspecified atom stereocenters. The van der Waals surface area contributed by atoms with Crippen LogP contribution >= 0.6 is 0 Å². The Morgan fingerprint density at radius 2 is 1.72 bits per heavy atom. The van der Waals surface area contributed by atoms with E-state index in [1.165, 1.54) is 0 Å². The highest BCUT2D eigenvalue weighted by Crippen LogP contribution is 2.21. The fourth-order valence-electron chi connectivity index (χ4n) is 3.48. The van der Waals surface area contributed by atoms with Crippen LogP contribution in [0.4, 0.5) is 0 Å². The predicted molar refractivity (Wildman–Crippen MR) is 110 cm³/mol. The number of carbonyl (C=O) groups excluding carboxylic acids is 1. The molecule has 0 spiro atoms. The number of aromatic nitrogens is 5. The summed E-state index contributed by atoms with van der Waals surface area (Å²) in [4.78, 5) is 30.0. The van der Waals surface area contributed by atoms with Crippen molar-refractivity contribution in [2.24, 2.45) is 0 Å². The van der Waals surface area contributed by atoms with E-state index in [4.69, 9.17) is 0 Å². The zero-order valence-electron chi connectivity index (χ0n) is 16.5. The maximum atomic E-state index is 12.7. The number of nitrogens with one attached hydrogen (secondary N) is 1. The highest BCUT2D eigenvalue weighted by molar-refractivity contribution is 5.81. The molecular weight excluding hydrogens is 368 g/mol. The van der Waals surface area contributed by atoms with Gasteiger partial charge in [-0.05, 0) is 45.0 Å². The zero-order chi connectivity index (χ0) is 20.5. The average Bonchev–Trinajstić information content (AvgIpc) is 3.10. The summed E-state index contributed by atoms with van der Waals surface area (Å²) in [6.45, 7) is 6.04. The summed E-state index contributed by atoms with van der Waals surface area (Å²) in [5, 5.41) is 11.3. The van der Waals surface area contributed by atoms with Gasteiger partial charge in [0.2, 0.25) is 5.91 Å². The van der Waals surface area contributed by atoms with E-state index in [0.29, 0.717) is 10.9 Å². The first-order valence-electron chi connectivity index (χ1n) is 9.55. The normalized spacial score (nSPS) is 12.6. The molecule has 2 aromatic carbocycles. The lowest BCUT2D eigenvalue weighted by atomic mass is 10.2. The summed E-state index contributed by atoms with van der Waals surface area (Å²) in [5.74, 6) is 0.442. The van der Waals surface area contributed by atoms with Gasteiger partial charge in [0.1, 0.15) is 17.4 Å². The number of imidazole rings is 1. The van der Waals surface area contributed by atoms with E-state index in [0.717, 1.165) is 21.5 Å². The van der Waals surface area contributed by atoms with E-state index in [9.17, 15) is 9.59 Å². The second-order valence-electron chi connectivity index (χ2n) is 7.23. The Morgan fingerprint density at radius 3 is 2.48 bits per heavy atom. The van der Waals surface area contributed by atoms with Gasteiger partial charge in [0.05, 0.1) is 23.0 Å². The van der Waals surface area contributed by atoms with E-state index >= 15 is 0 Å². The molecule has 148 valence electrons. The number of rotatable bonds is 5. The molecule has 0 aliphatic rings. The predicted octanol–water partition coefficient (Wildman–Crippen LogP) is 2.60. The van der Waals surface area contributed by atoms with Crippen LogP contribution in [0.15, 0.2) is 53.3 Å². The SMILES string of the molecule is CC(C(=O)NCc1nc2ccccc2n1C(C)C)n1nnc2ccccc2c1=O. The average molecular weight is 390 g/mol. The van der Waals surface area contributed by atoms with Crippen LogP contribution in [-0.2, 0) is 11.3 Å². The number of hydrogen-bond acceptors (Lipinski definition) is 5. The van der Waals surface area contributed by atoms with Gasteiger partial charge in [-0.2, -0.15) is 4.68 Å². The van der Waals surface area contributed by atoms with Crippen molar-refractivity contribution >= 4 is 27.8 Å². The first-order chi connectivity index (χ1) is 14.0. The number of benzene rings is 2. The van der Waals surface area contributed by atoms with Gasteiger partial charge in [-0.15, -0.1) is 5.10 Å². The number of nitrogens with zero attached hydrogens (tertiary/aromatic N) is 5. The van der Waals surface area contributed by atoms with E-state index in [1.54, 1.807) is 31.2 Å². The molecule has 0 radical (unpaired) electrons. The third-order valence-corrected chi connectivity index (χ3v) is 4.94. The molecule has 0 aliphatic heterocycles. The Balaban J connectivity index is 1.58. The molecule has 1 N–H and O–H groups in total. The molecule has 2 heterocycles. The van der Waals surface area contributed by atoms with Crippen molar-refractivity contribution in [1.29, 1.82) is 0 Å². The van der Waals surface area contributed by atoms with Crippen LogP contribution in [0, 0.1) is 0 Å². The molecule has 0 bridgehead atoms. The topological polar surface area (TPSA) is 94.7 Å². The van der Waals surface area contributed by atoms with Crippen LogP contribution in [0.5, 0.6) is 0 Å². The Bertz CT molecular complexity index is 1260. The molecule has 8 heteroatoms. The maximum absolute atomic E-state index is 12.7. The van der Waals surface area contributed by atoms with Crippen molar-refractivity contribution in [2.45, 2.75) is 39.4 Å². The quantitative estimate of drug-likeness (QED) is 0.565. The first kappa shape index (κ1) is 18.8. The largest absolute Gasteiger partial charge is 0.347 e. The molecular formula is C21H22N6O2. The van der Waals surface area contributed by atoms with Crippen LogP contribution in [0.3, 0.4) is 0 Å². The van der Waals surface area contributed by atoms with Crippen molar-refractivity contribution < 1.29 is 4.79 Å². The number of para-hydroxylation sites is 2. The zero-order valence-corrected chi connectivity index (χ0v) is 16.5. The minimum absolute atomic E-state index is 0.195. The second kappa shape index (κ2) is 7.46. The van der Waals surface area contributed by atoms with Gasteiger partial charge in [-0.25, -0.2) is 4.98 Å². The van der Waals surface area contributed by atoms with Gasteiger partial charge in [0, 0.05) is 6.04 Å². The van der Waals surface area contributed by atoms with E-state index < -0.39 is 6.04 Å². The van der Waals surface area contributed by atoms with E-state index in [2.05, 4.69) is 39.0 Å². The fraction of sp³-hybridized carbons (Fsp3) is 0.286. The highest BCUT2D eigenvalue weighted by atomic mass is 16.2. The summed E-state index contributed by atoms with van der Waals surface area (Å²) in [6, 6.07) is 14.2. The van der Waals surface area contributed by atoms with Gasteiger partial charge in [0.15, 0.2) is 0 Å². The summed E-state index contributed by atoms with van der Waals surface area (Å²) in [6.07, 6.45) is 0. The second-order valence-corrected chi connectivity index (χ2v) is 7.23. The standard InChI is InChI=1S/C21H22N6O2/c1-13(2)26-18-11-7-6-10-17(18)23-19(26)12-22-20(28)14(3)27-21(29)15-8-4-5-9-16(15)24-25-27/h4-11,13-14H,12H2,1-3H3,(H,22,28). The van der Waals surface area contributed by atoms with Gasteiger partial charge >= 0.3 is 0 Å². The number of amides is 1. The molecule has 4 rings (SSSR count). The van der Waals surface area contributed by atoms with Crippen molar-refractivity contribution in [3.05, 3.63) is 64.7 Å². The highest BCUT2D eigenvalue weighted by Gasteiger charge is 2.20. The molecule has 0 saturated carbocycles. The molecule has 1 atom stereocenters. The monoisotopic (exact) mass is 390 g/mol. The fourth-order valence-corrected chi connectivity index (χ4v) is 3.48. The molecule has 4 aromatic rings. The van der Waals surface area contributed by atoms with Gasteiger partial charge < -0.3 is 9.88 Å². The van der Waals surface area contributed by atoms with Crippen LogP contribution in [0.2, 0.25) is 0 Å². The van der Waals surface area contributed by atoms with Crippen LogP contribution < -0.4 is 10.9 Å². The first-order valence-corrected chi connectivity index (χ1v) is 9.55. The molecule has 0 fully saturated rings. The van der Waals surface area contributed by atoms with Crippen molar-refractivity contribution in [3.8, 4) is 0 Å². The van der Waals surface area contributed by atoms with Crippen molar-refractivity contribution in [1.82, 2.24) is 29.9 Å². The lowest BCUT2D eigenvalue weighted by molar-refractivity contribution is -0.124. The van der Waals surface area contributed by atoms with Crippen molar-refractivity contribution in [3.63, 3.8) is 0 Å². The lowest BCUT2D eigenvalue weighted by Gasteiger charge is -2.16. The molecule has 0 saturated heterocycles. The van der Waals surface area contributed by atoms with Crippen molar-refractivity contribution in [2.75, 3.05) is 0 Å².